The fraction of sp³-hybridized carbons (Fsp3) is 0.538. The van der Waals surface area contributed by atoms with E-state index in [4.69, 9.17) is 9.47 Å². The number of rotatable bonds is 9. The van der Waals surface area contributed by atoms with Gasteiger partial charge in [-0.1, -0.05) is 6.07 Å². The Hall–Kier alpha value is -3.48. The van der Waals surface area contributed by atoms with Crippen molar-refractivity contribution in [3.05, 3.63) is 41.2 Å². The standard InChI is InChI=1S/C26H32F3N5O5.ClH/c1-32(2)22(35)15-39-23(36)12-18-10-17-4-5-21(11-19(17)13-34(24(18)37)16-26(27,28)29)38-9-6-20-14-33-8-3-7-30-25(33)31-20;/h4-5,11,14,18H,3,6-10,12-13,15-16H2,1-2H3,(H,30,31);1H/t18-;/m0./s1. The van der Waals surface area contributed by atoms with Crippen LogP contribution in [0.3, 0.4) is 0 Å². The number of carbonyl (C=O) groups is 3. The summed E-state index contributed by atoms with van der Waals surface area (Å²) in [7, 11) is 2.99. The second-order valence-corrected chi connectivity index (χ2v) is 9.92. The van der Waals surface area contributed by atoms with Gasteiger partial charge in [0.15, 0.2) is 6.61 Å². The summed E-state index contributed by atoms with van der Waals surface area (Å²) in [5.74, 6) is -1.82. The van der Waals surface area contributed by atoms with E-state index in [1.165, 1.54) is 19.0 Å². The number of hydrogen-bond donors (Lipinski definition) is 1. The van der Waals surface area contributed by atoms with E-state index >= 15 is 0 Å². The van der Waals surface area contributed by atoms with Gasteiger partial charge in [-0.25, -0.2) is 4.98 Å². The molecule has 2 amide bonds. The Bertz CT molecular complexity index is 1200. The molecule has 2 aliphatic heterocycles. The highest BCUT2D eigenvalue weighted by molar-refractivity contribution is 5.86. The molecule has 1 N–H and O–H groups in total. The number of esters is 1. The van der Waals surface area contributed by atoms with Crippen LogP contribution in [0.1, 0.15) is 29.7 Å². The van der Waals surface area contributed by atoms with E-state index in [0.717, 1.165) is 31.2 Å². The summed E-state index contributed by atoms with van der Waals surface area (Å²) in [6.45, 7) is -0.112. The van der Waals surface area contributed by atoms with Gasteiger partial charge in [-0.05, 0) is 36.1 Å². The van der Waals surface area contributed by atoms with E-state index in [2.05, 4.69) is 14.9 Å². The predicted molar refractivity (Wildman–Crippen MR) is 141 cm³/mol. The van der Waals surface area contributed by atoms with Crippen LogP contribution in [0.15, 0.2) is 24.4 Å². The molecule has 1 aromatic carbocycles. The molecule has 0 fully saturated rings. The molecule has 14 heteroatoms. The zero-order chi connectivity index (χ0) is 28.2. The molecular weight excluding hydrogens is 555 g/mol. The number of alkyl halides is 3. The van der Waals surface area contributed by atoms with Crippen LogP contribution < -0.4 is 10.1 Å². The number of amides is 2. The van der Waals surface area contributed by atoms with Crippen molar-refractivity contribution in [1.29, 1.82) is 0 Å². The molecule has 0 radical (unpaired) electrons. The Labute approximate surface area is 236 Å². The third-order valence-electron chi connectivity index (χ3n) is 6.62. The zero-order valence-corrected chi connectivity index (χ0v) is 23.1. The van der Waals surface area contributed by atoms with Gasteiger partial charge in [0.05, 0.1) is 24.6 Å². The number of nitrogens with zero attached hydrogens (tertiary/aromatic N) is 4. The topological polar surface area (TPSA) is 106 Å². The number of fused-ring (bicyclic) bond motifs is 2. The van der Waals surface area contributed by atoms with Gasteiger partial charge in [0.1, 0.15) is 12.3 Å². The molecule has 0 bridgehead atoms. The first-order valence-electron chi connectivity index (χ1n) is 12.7. The van der Waals surface area contributed by atoms with Gasteiger partial charge in [-0.2, -0.15) is 13.2 Å². The average Bonchev–Trinajstić information content (AvgIpc) is 3.24. The van der Waals surface area contributed by atoms with Crippen LogP contribution in [-0.2, 0) is 45.1 Å². The Balaban J connectivity index is 0.00000441. The third kappa shape index (κ3) is 8.26. The number of ether oxygens (including phenoxy) is 2. The minimum absolute atomic E-state index is 0. The average molecular weight is 588 g/mol. The normalized spacial score (nSPS) is 16.6. The monoisotopic (exact) mass is 587 g/mol. The second kappa shape index (κ2) is 13.2. The molecule has 1 atom stereocenters. The van der Waals surface area contributed by atoms with Crippen LogP contribution in [-0.4, -0.2) is 83.7 Å². The summed E-state index contributed by atoms with van der Waals surface area (Å²) in [6, 6.07) is 5.05. The third-order valence-corrected chi connectivity index (χ3v) is 6.62. The number of imidazole rings is 1. The smallest absolute Gasteiger partial charge is 0.406 e. The van der Waals surface area contributed by atoms with Crippen molar-refractivity contribution in [3.8, 4) is 5.75 Å². The van der Waals surface area contributed by atoms with E-state index in [1.54, 1.807) is 18.2 Å². The largest absolute Gasteiger partial charge is 0.493 e. The molecule has 40 heavy (non-hydrogen) atoms. The van der Waals surface area contributed by atoms with Crippen molar-refractivity contribution < 1.29 is 37.0 Å². The minimum atomic E-state index is -4.62. The highest BCUT2D eigenvalue weighted by Crippen LogP contribution is 2.30. The minimum Gasteiger partial charge on any atom is -0.493 e. The lowest BCUT2D eigenvalue weighted by Crippen LogP contribution is -2.41. The van der Waals surface area contributed by atoms with Crippen molar-refractivity contribution in [3.63, 3.8) is 0 Å². The number of halogens is 4. The lowest BCUT2D eigenvalue weighted by atomic mass is 9.94. The number of nitrogens with one attached hydrogen (secondary N) is 1. The maximum Gasteiger partial charge on any atom is 0.406 e. The number of likely N-dealkylation sites (N-methyl/N-ethyl adjacent to an activating group) is 1. The first kappa shape index (κ1) is 31.1. The van der Waals surface area contributed by atoms with E-state index in [1.807, 2.05) is 6.20 Å². The molecule has 0 spiro atoms. The fourth-order valence-corrected chi connectivity index (χ4v) is 4.60. The lowest BCUT2D eigenvalue weighted by molar-refractivity contribution is -0.166. The zero-order valence-electron chi connectivity index (χ0n) is 22.3. The molecule has 0 saturated heterocycles. The van der Waals surface area contributed by atoms with Crippen molar-refractivity contribution in [2.24, 2.45) is 5.92 Å². The number of carbonyl (C=O) groups excluding carboxylic acids is 3. The molecule has 1 aromatic heterocycles. The molecule has 0 unspecified atom stereocenters. The van der Waals surface area contributed by atoms with Gasteiger partial charge in [0, 0.05) is 46.3 Å². The number of anilines is 1. The van der Waals surface area contributed by atoms with Crippen molar-refractivity contribution in [2.75, 3.05) is 45.7 Å². The van der Waals surface area contributed by atoms with Crippen LogP contribution in [0, 0.1) is 5.92 Å². The summed E-state index contributed by atoms with van der Waals surface area (Å²) in [5, 5.41) is 3.24. The van der Waals surface area contributed by atoms with Crippen molar-refractivity contribution in [1.82, 2.24) is 19.4 Å². The summed E-state index contributed by atoms with van der Waals surface area (Å²) >= 11 is 0. The first-order chi connectivity index (χ1) is 18.5. The van der Waals surface area contributed by atoms with Gasteiger partial charge in [-0.3, -0.25) is 14.4 Å². The molecular formula is C26H33ClF3N5O5. The SMILES string of the molecule is CN(C)C(=O)COC(=O)C[C@@H]1Cc2ccc(OCCc3cn4c(n3)NCCC4)cc2CN(CC(F)(F)F)C1=O.Cl. The molecule has 220 valence electrons. The summed E-state index contributed by atoms with van der Waals surface area (Å²) < 4.78 is 52.9. The van der Waals surface area contributed by atoms with Gasteiger partial charge >= 0.3 is 12.1 Å². The molecule has 2 aliphatic rings. The summed E-state index contributed by atoms with van der Waals surface area (Å²) in [5.41, 5.74) is 2.04. The Kier molecular flexibility index (Phi) is 10.3. The molecule has 0 aliphatic carbocycles. The highest BCUT2D eigenvalue weighted by atomic mass is 35.5. The number of aromatic nitrogens is 2. The van der Waals surface area contributed by atoms with Crippen LogP contribution in [0.25, 0.3) is 0 Å². The van der Waals surface area contributed by atoms with Gasteiger partial charge < -0.3 is 29.2 Å². The van der Waals surface area contributed by atoms with Crippen molar-refractivity contribution >= 4 is 36.1 Å². The Morgan fingerprint density at radius 3 is 2.70 bits per heavy atom. The molecule has 2 aromatic rings. The Morgan fingerprint density at radius 1 is 1.23 bits per heavy atom. The van der Waals surface area contributed by atoms with E-state index < -0.39 is 49.5 Å². The van der Waals surface area contributed by atoms with Crippen LogP contribution in [0.5, 0.6) is 5.75 Å². The Morgan fingerprint density at radius 2 is 2.00 bits per heavy atom. The summed E-state index contributed by atoms with van der Waals surface area (Å²) in [6.07, 6.45) is -1.43. The number of hydrogen-bond acceptors (Lipinski definition) is 7. The molecule has 10 nitrogen and oxygen atoms in total. The molecule has 3 heterocycles. The molecule has 4 rings (SSSR count). The summed E-state index contributed by atoms with van der Waals surface area (Å²) in [4.78, 5) is 43.6. The van der Waals surface area contributed by atoms with Crippen LogP contribution in [0.2, 0.25) is 0 Å². The second-order valence-electron chi connectivity index (χ2n) is 9.92. The van der Waals surface area contributed by atoms with E-state index in [-0.39, 0.29) is 25.4 Å². The van der Waals surface area contributed by atoms with Crippen LogP contribution in [0.4, 0.5) is 19.1 Å². The maximum atomic E-state index is 13.3. The fourth-order valence-electron chi connectivity index (χ4n) is 4.60. The predicted octanol–water partition coefficient (Wildman–Crippen LogP) is 2.83. The van der Waals surface area contributed by atoms with Gasteiger partial charge in [0.2, 0.25) is 11.9 Å². The maximum absolute atomic E-state index is 13.3. The number of benzene rings is 1. The number of aryl methyl sites for hydroxylation is 1. The van der Waals surface area contributed by atoms with E-state index in [0.29, 0.717) is 34.8 Å². The van der Waals surface area contributed by atoms with Gasteiger partial charge in [0.25, 0.3) is 5.91 Å². The van der Waals surface area contributed by atoms with Crippen molar-refractivity contribution in [2.45, 2.75) is 44.9 Å². The lowest BCUT2D eigenvalue weighted by Gasteiger charge is -2.25. The highest BCUT2D eigenvalue weighted by Gasteiger charge is 2.38. The van der Waals surface area contributed by atoms with Crippen LogP contribution >= 0.6 is 12.4 Å². The van der Waals surface area contributed by atoms with E-state index in [9.17, 15) is 27.6 Å². The quantitative estimate of drug-likeness (QED) is 0.450. The van der Waals surface area contributed by atoms with Gasteiger partial charge in [-0.15, -0.1) is 12.4 Å². The first-order valence-corrected chi connectivity index (χ1v) is 12.7. The molecule has 0 saturated carbocycles.